The molecule has 0 unspecified atom stereocenters. The summed E-state index contributed by atoms with van der Waals surface area (Å²) in [5, 5.41) is 8.17. The minimum absolute atomic E-state index is 0.0553. The molecular formula is C7H13FO3. The average Bonchev–Trinajstić information content (AvgIpc) is 1.78. The maximum Gasteiger partial charge on any atom is 0.305 e. The van der Waals surface area contributed by atoms with Crippen LogP contribution in [0.4, 0.5) is 4.39 Å². The fourth-order valence-electron chi connectivity index (χ4n) is 0.474. The summed E-state index contributed by atoms with van der Waals surface area (Å²) in [6.07, 6.45) is -0.0733. The number of halogens is 1. The summed E-state index contributed by atoms with van der Waals surface area (Å²) < 4.78 is 17.4. The van der Waals surface area contributed by atoms with Gasteiger partial charge in [-0.3, -0.25) is 4.79 Å². The molecule has 0 amide bonds. The van der Waals surface area contributed by atoms with Crippen LogP contribution in [0.15, 0.2) is 0 Å². The molecule has 4 heteroatoms. The second-order valence-electron chi connectivity index (χ2n) is 2.92. The van der Waals surface area contributed by atoms with Gasteiger partial charge in [0.2, 0.25) is 0 Å². The van der Waals surface area contributed by atoms with E-state index in [1.165, 1.54) is 13.8 Å². The quantitative estimate of drug-likeness (QED) is 0.621. The van der Waals surface area contributed by atoms with Crippen molar-refractivity contribution in [2.24, 2.45) is 0 Å². The van der Waals surface area contributed by atoms with Gasteiger partial charge in [-0.25, -0.2) is 4.39 Å². The van der Waals surface area contributed by atoms with E-state index in [-0.39, 0.29) is 19.6 Å². The van der Waals surface area contributed by atoms with Crippen LogP contribution in [-0.4, -0.2) is 30.0 Å². The van der Waals surface area contributed by atoms with E-state index in [4.69, 9.17) is 9.84 Å². The van der Waals surface area contributed by atoms with E-state index in [0.29, 0.717) is 0 Å². The fraction of sp³-hybridized carbons (Fsp3) is 0.857. The lowest BCUT2D eigenvalue weighted by molar-refractivity contribution is -0.138. The number of rotatable bonds is 5. The van der Waals surface area contributed by atoms with E-state index in [0.717, 1.165) is 0 Å². The molecule has 0 aromatic carbocycles. The van der Waals surface area contributed by atoms with Crippen LogP contribution in [0.5, 0.6) is 0 Å². The number of carboxylic acid groups (broad SMARTS) is 1. The Bertz CT molecular complexity index is 128. The molecule has 0 spiro atoms. The van der Waals surface area contributed by atoms with Crippen LogP contribution in [-0.2, 0) is 9.53 Å². The Morgan fingerprint density at radius 1 is 1.64 bits per heavy atom. The van der Waals surface area contributed by atoms with Gasteiger partial charge in [-0.15, -0.1) is 0 Å². The van der Waals surface area contributed by atoms with Crippen LogP contribution in [0.1, 0.15) is 20.3 Å². The molecule has 0 rings (SSSR count). The van der Waals surface area contributed by atoms with Gasteiger partial charge in [-0.1, -0.05) is 0 Å². The molecule has 0 atom stereocenters. The number of alkyl halides is 1. The SMILES string of the molecule is CC(C)(F)COCCC(=O)O. The van der Waals surface area contributed by atoms with E-state index < -0.39 is 11.6 Å². The number of ether oxygens (including phenoxy) is 1. The van der Waals surface area contributed by atoms with Crippen LogP contribution in [0.25, 0.3) is 0 Å². The summed E-state index contributed by atoms with van der Waals surface area (Å²) in [6.45, 7) is 2.78. The van der Waals surface area contributed by atoms with Gasteiger partial charge in [0.25, 0.3) is 0 Å². The standard InChI is InChI=1S/C7H13FO3/c1-7(2,8)5-11-4-3-6(9)10/h3-5H2,1-2H3,(H,9,10). The molecule has 3 nitrogen and oxygen atoms in total. The highest BCUT2D eigenvalue weighted by molar-refractivity contribution is 5.66. The van der Waals surface area contributed by atoms with Crippen molar-refractivity contribution in [2.45, 2.75) is 25.9 Å². The Hall–Kier alpha value is -0.640. The maximum atomic E-state index is 12.6. The molecule has 0 aliphatic heterocycles. The van der Waals surface area contributed by atoms with E-state index in [9.17, 15) is 9.18 Å². The lowest BCUT2D eigenvalue weighted by atomic mass is 10.2. The van der Waals surface area contributed by atoms with Gasteiger partial charge in [-0.2, -0.15) is 0 Å². The monoisotopic (exact) mass is 164 g/mol. The molecule has 66 valence electrons. The molecule has 0 radical (unpaired) electrons. The van der Waals surface area contributed by atoms with Crippen LogP contribution >= 0.6 is 0 Å². The summed E-state index contributed by atoms with van der Waals surface area (Å²) in [5.41, 5.74) is -1.38. The third kappa shape index (κ3) is 9.36. The third-order valence-electron chi connectivity index (χ3n) is 0.906. The zero-order valence-corrected chi connectivity index (χ0v) is 6.76. The molecule has 1 N–H and O–H groups in total. The maximum absolute atomic E-state index is 12.6. The largest absolute Gasteiger partial charge is 0.481 e. The highest BCUT2D eigenvalue weighted by Gasteiger charge is 2.15. The molecule has 0 aromatic rings. The normalized spacial score (nSPS) is 11.5. The Balaban J connectivity index is 3.22. The molecule has 0 aliphatic rings. The van der Waals surface area contributed by atoms with Gasteiger partial charge in [0.15, 0.2) is 0 Å². The first-order valence-corrected chi connectivity index (χ1v) is 3.40. The predicted molar refractivity (Wildman–Crippen MR) is 38.3 cm³/mol. The van der Waals surface area contributed by atoms with Gasteiger partial charge in [0.05, 0.1) is 19.6 Å². The van der Waals surface area contributed by atoms with Gasteiger partial charge in [0.1, 0.15) is 5.67 Å². The first kappa shape index (κ1) is 10.4. The van der Waals surface area contributed by atoms with Gasteiger partial charge in [-0.05, 0) is 13.8 Å². The van der Waals surface area contributed by atoms with E-state index in [1.807, 2.05) is 0 Å². The summed E-state index contributed by atoms with van der Waals surface area (Å²) in [5.74, 6) is -0.929. The molecule has 0 saturated heterocycles. The van der Waals surface area contributed by atoms with Crippen molar-refractivity contribution in [3.63, 3.8) is 0 Å². The molecule has 0 saturated carbocycles. The van der Waals surface area contributed by atoms with Crippen molar-refractivity contribution in [2.75, 3.05) is 13.2 Å². The van der Waals surface area contributed by atoms with Crippen LogP contribution in [0, 0.1) is 0 Å². The number of hydrogen-bond donors (Lipinski definition) is 1. The van der Waals surface area contributed by atoms with E-state index in [2.05, 4.69) is 0 Å². The molecule has 0 aliphatic carbocycles. The van der Waals surface area contributed by atoms with Gasteiger partial charge < -0.3 is 9.84 Å². The molecule has 11 heavy (non-hydrogen) atoms. The Labute approximate surface area is 65.2 Å². The topological polar surface area (TPSA) is 46.5 Å². The number of carbonyl (C=O) groups is 1. The molecule has 0 aromatic heterocycles. The number of carboxylic acids is 1. The van der Waals surface area contributed by atoms with Crippen LogP contribution in [0.3, 0.4) is 0 Å². The van der Waals surface area contributed by atoms with Crippen molar-refractivity contribution in [1.29, 1.82) is 0 Å². The zero-order valence-electron chi connectivity index (χ0n) is 6.76. The lowest BCUT2D eigenvalue weighted by Crippen LogP contribution is -2.21. The lowest BCUT2D eigenvalue weighted by Gasteiger charge is -2.13. The molecule has 0 heterocycles. The number of aliphatic carboxylic acids is 1. The van der Waals surface area contributed by atoms with E-state index >= 15 is 0 Å². The minimum Gasteiger partial charge on any atom is -0.481 e. The molecule has 0 fully saturated rings. The van der Waals surface area contributed by atoms with Crippen molar-refractivity contribution in [3.8, 4) is 0 Å². The van der Waals surface area contributed by atoms with Crippen LogP contribution in [0.2, 0.25) is 0 Å². The smallest absolute Gasteiger partial charge is 0.305 e. The second kappa shape index (κ2) is 4.28. The Morgan fingerprint density at radius 2 is 2.18 bits per heavy atom. The minimum atomic E-state index is -1.38. The van der Waals surface area contributed by atoms with Crippen molar-refractivity contribution < 1.29 is 19.0 Å². The summed E-state index contributed by atoms with van der Waals surface area (Å²) in [6, 6.07) is 0. The first-order chi connectivity index (χ1) is 4.92. The van der Waals surface area contributed by atoms with Gasteiger partial charge >= 0.3 is 5.97 Å². The summed E-state index contributed by atoms with van der Waals surface area (Å²) >= 11 is 0. The highest BCUT2D eigenvalue weighted by atomic mass is 19.1. The van der Waals surface area contributed by atoms with Crippen LogP contribution < -0.4 is 0 Å². The summed E-state index contributed by atoms with van der Waals surface area (Å²) in [4.78, 5) is 9.95. The highest BCUT2D eigenvalue weighted by Crippen LogP contribution is 2.07. The van der Waals surface area contributed by atoms with Crippen molar-refractivity contribution >= 4 is 5.97 Å². The van der Waals surface area contributed by atoms with Crippen molar-refractivity contribution in [3.05, 3.63) is 0 Å². The summed E-state index contributed by atoms with van der Waals surface area (Å²) in [7, 11) is 0. The van der Waals surface area contributed by atoms with Crippen molar-refractivity contribution in [1.82, 2.24) is 0 Å². The van der Waals surface area contributed by atoms with E-state index in [1.54, 1.807) is 0 Å². The second-order valence-corrected chi connectivity index (χ2v) is 2.92. The molecular weight excluding hydrogens is 151 g/mol. The predicted octanol–water partition coefficient (Wildman–Crippen LogP) is 1.23. The Morgan fingerprint density at radius 3 is 2.55 bits per heavy atom. The first-order valence-electron chi connectivity index (χ1n) is 3.40. The fourth-order valence-corrected chi connectivity index (χ4v) is 0.474. The average molecular weight is 164 g/mol. The third-order valence-corrected chi connectivity index (χ3v) is 0.906. The van der Waals surface area contributed by atoms with Gasteiger partial charge in [0, 0.05) is 0 Å². The molecule has 0 bridgehead atoms. The zero-order chi connectivity index (χ0) is 8.91. The Kier molecular flexibility index (Phi) is 4.03. The number of hydrogen-bond acceptors (Lipinski definition) is 2.